The minimum atomic E-state index is -0.327. The molecule has 6 heteroatoms. The van der Waals surface area contributed by atoms with Crippen LogP contribution in [0.1, 0.15) is 21.5 Å². The number of benzene rings is 3. The summed E-state index contributed by atoms with van der Waals surface area (Å²) in [4.78, 5) is 20.6. The summed E-state index contributed by atoms with van der Waals surface area (Å²) in [6, 6.07) is 21.4. The van der Waals surface area contributed by atoms with E-state index in [-0.39, 0.29) is 11.7 Å². The van der Waals surface area contributed by atoms with Gasteiger partial charge in [-0.15, -0.1) is 0 Å². The number of carbonyl (C=O) groups is 1. The fourth-order valence-electron chi connectivity index (χ4n) is 3.37. The summed E-state index contributed by atoms with van der Waals surface area (Å²) in [5, 5.41) is 7.08. The monoisotopic (exact) mass is 414 g/mol. The number of carbonyl (C=O) groups excluding carboxylic acids is 1. The molecule has 0 saturated heterocycles. The van der Waals surface area contributed by atoms with Crippen LogP contribution in [-0.2, 0) is 6.42 Å². The molecule has 0 atom stereocenters. The van der Waals surface area contributed by atoms with Crippen LogP contribution < -0.4 is 10.6 Å². The Labute approximate surface area is 180 Å². The number of H-pyrrole nitrogens is 1. The van der Waals surface area contributed by atoms with E-state index in [4.69, 9.17) is 0 Å². The Morgan fingerprint density at radius 1 is 1.03 bits per heavy atom. The summed E-state index contributed by atoms with van der Waals surface area (Å²) >= 11 is 0. The van der Waals surface area contributed by atoms with E-state index in [2.05, 4.69) is 26.7 Å². The van der Waals surface area contributed by atoms with E-state index >= 15 is 0 Å². The second kappa shape index (κ2) is 9.26. The summed E-state index contributed by atoms with van der Waals surface area (Å²) < 4.78 is 13.3. The lowest BCUT2D eigenvalue weighted by Gasteiger charge is -2.12. The van der Waals surface area contributed by atoms with Crippen LogP contribution in [0.3, 0.4) is 0 Å². The van der Waals surface area contributed by atoms with Crippen molar-refractivity contribution in [3.8, 4) is 0 Å². The number of aliphatic imine (C=N–C) groups is 1. The third kappa shape index (κ3) is 5.17. The molecule has 1 aromatic heterocycles. The van der Waals surface area contributed by atoms with Crippen molar-refractivity contribution in [2.45, 2.75) is 13.3 Å². The van der Waals surface area contributed by atoms with Gasteiger partial charge in [-0.2, -0.15) is 0 Å². The molecule has 1 heterocycles. The van der Waals surface area contributed by atoms with E-state index in [1.165, 1.54) is 12.1 Å². The average molecular weight is 414 g/mol. The molecule has 3 aromatic carbocycles. The van der Waals surface area contributed by atoms with Crippen molar-refractivity contribution in [3.05, 3.63) is 102 Å². The number of hydrogen-bond acceptors (Lipinski definition) is 2. The van der Waals surface area contributed by atoms with E-state index in [1.807, 2.05) is 49.5 Å². The van der Waals surface area contributed by atoms with E-state index in [9.17, 15) is 9.18 Å². The van der Waals surface area contributed by atoms with Crippen molar-refractivity contribution >= 4 is 28.5 Å². The molecule has 3 N–H and O–H groups in total. The van der Waals surface area contributed by atoms with Crippen LogP contribution in [0.25, 0.3) is 10.9 Å². The average Bonchev–Trinajstić information content (AvgIpc) is 3.18. The fourth-order valence-corrected chi connectivity index (χ4v) is 3.37. The van der Waals surface area contributed by atoms with E-state index in [0.717, 1.165) is 22.0 Å². The number of aryl methyl sites for hydroxylation is 1. The SMILES string of the molecule is Cc1cccc(C(=O)NC(=NCCc2c[nH]c3ccccc23)Nc2ccc(F)cc2)c1. The molecule has 156 valence electrons. The predicted octanol–water partition coefficient (Wildman–Crippen LogP) is 5.06. The lowest BCUT2D eigenvalue weighted by atomic mass is 10.1. The molecule has 0 aliphatic rings. The van der Waals surface area contributed by atoms with Crippen LogP contribution in [0, 0.1) is 12.7 Å². The van der Waals surface area contributed by atoms with Gasteiger partial charge in [-0.3, -0.25) is 15.1 Å². The topological polar surface area (TPSA) is 69.3 Å². The molecule has 0 aliphatic heterocycles. The number of nitrogens with zero attached hydrogens (tertiary/aromatic N) is 1. The third-order valence-corrected chi connectivity index (χ3v) is 4.95. The zero-order valence-electron chi connectivity index (χ0n) is 17.2. The summed E-state index contributed by atoms with van der Waals surface area (Å²) in [6.45, 7) is 2.41. The third-order valence-electron chi connectivity index (χ3n) is 4.95. The van der Waals surface area contributed by atoms with Gasteiger partial charge in [0.25, 0.3) is 5.91 Å². The summed E-state index contributed by atoms with van der Waals surface area (Å²) in [7, 11) is 0. The molecular weight excluding hydrogens is 391 g/mol. The summed E-state index contributed by atoms with van der Waals surface area (Å²) in [5.74, 6) is -0.269. The van der Waals surface area contributed by atoms with Gasteiger partial charge in [0.2, 0.25) is 5.96 Å². The van der Waals surface area contributed by atoms with Crippen molar-refractivity contribution in [1.82, 2.24) is 10.3 Å². The molecule has 0 fully saturated rings. The van der Waals surface area contributed by atoms with Gasteiger partial charge in [-0.1, -0.05) is 35.9 Å². The molecule has 0 radical (unpaired) electrons. The van der Waals surface area contributed by atoms with Crippen LogP contribution in [0.2, 0.25) is 0 Å². The number of anilines is 1. The van der Waals surface area contributed by atoms with Gasteiger partial charge in [0.05, 0.1) is 0 Å². The largest absolute Gasteiger partial charge is 0.361 e. The highest BCUT2D eigenvalue weighted by Gasteiger charge is 2.10. The van der Waals surface area contributed by atoms with Gasteiger partial charge in [-0.25, -0.2) is 4.39 Å². The second-order valence-electron chi connectivity index (χ2n) is 7.30. The molecule has 0 saturated carbocycles. The maximum absolute atomic E-state index is 13.3. The smallest absolute Gasteiger partial charge is 0.257 e. The fraction of sp³-hybridized carbons (Fsp3) is 0.120. The highest BCUT2D eigenvalue weighted by molar-refractivity contribution is 6.10. The van der Waals surface area contributed by atoms with Crippen LogP contribution in [-0.4, -0.2) is 23.4 Å². The van der Waals surface area contributed by atoms with Crippen molar-refractivity contribution in [2.75, 3.05) is 11.9 Å². The Balaban J connectivity index is 1.51. The molecule has 0 bridgehead atoms. The number of aromatic amines is 1. The van der Waals surface area contributed by atoms with Crippen LogP contribution in [0.15, 0.2) is 84.0 Å². The van der Waals surface area contributed by atoms with Crippen LogP contribution >= 0.6 is 0 Å². The normalized spacial score (nSPS) is 11.5. The number of rotatable bonds is 5. The number of amides is 1. The minimum Gasteiger partial charge on any atom is -0.361 e. The molecular formula is C25H23FN4O. The zero-order chi connectivity index (χ0) is 21.6. The summed E-state index contributed by atoms with van der Waals surface area (Å²) in [5.41, 5.74) is 4.42. The maximum Gasteiger partial charge on any atom is 0.257 e. The number of halogens is 1. The second-order valence-corrected chi connectivity index (χ2v) is 7.30. The number of para-hydroxylation sites is 1. The maximum atomic E-state index is 13.3. The van der Waals surface area contributed by atoms with E-state index in [0.29, 0.717) is 30.2 Å². The highest BCUT2D eigenvalue weighted by atomic mass is 19.1. The Bertz CT molecular complexity index is 1230. The van der Waals surface area contributed by atoms with Gasteiger partial charge in [-0.05, 0) is 61.4 Å². The van der Waals surface area contributed by atoms with Gasteiger partial charge in [0.15, 0.2) is 0 Å². The first-order valence-electron chi connectivity index (χ1n) is 10.1. The Kier molecular flexibility index (Phi) is 6.08. The van der Waals surface area contributed by atoms with Gasteiger partial charge in [0, 0.05) is 34.9 Å². The molecule has 1 amide bonds. The van der Waals surface area contributed by atoms with Crippen molar-refractivity contribution in [2.24, 2.45) is 4.99 Å². The van der Waals surface area contributed by atoms with Gasteiger partial charge in [0.1, 0.15) is 5.82 Å². The quantitative estimate of drug-likeness (QED) is 0.316. The standard InChI is InChI=1S/C25H23FN4O/c1-17-5-4-6-18(15-17)24(31)30-25(29-21-11-9-20(26)10-12-21)27-14-13-19-16-28-23-8-3-2-7-22(19)23/h2-12,15-16,28H,13-14H2,1H3,(H2,27,29,30,31). The first-order valence-corrected chi connectivity index (χ1v) is 10.1. The molecule has 0 aliphatic carbocycles. The number of aromatic nitrogens is 1. The summed E-state index contributed by atoms with van der Waals surface area (Å²) in [6.07, 6.45) is 2.69. The number of nitrogens with one attached hydrogen (secondary N) is 3. The lowest BCUT2D eigenvalue weighted by Crippen LogP contribution is -2.36. The predicted molar refractivity (Wildman–Crippen MR) is 123 cm³/mol. The zero-order valence-corrected chi connectivity index (χ0v) is 17.2. The molecule has 5 nitrogen and oxygen atoms in total. The molecule has 31 heavy (non-hydrogen) atoms. The van der Waals surface area contributed by atoms with Gasteiger partial charge < -0.3 is 10.3 Å². The highest BCUT2D eigenvalue weighted by Crippen LogP contribution is 2.18. The Morgan fingerprint density at radius 2 is 1.84 bits per heavy atom. The first-order chi connectivity index (χ1) is 15.1. The Hall–Kier alpha value is -3.93. The van der Waals surface area contributed by atoms with E-state index in [1.54, 1.807) is 18.2 Å². The van der Waals surface area contributed by atoms with Gasteiger partial charge >= 0.3 is 0 Å². The lowest BCUT2D eigenvalue weighted by molar-refractivity contribution is 0.0977. The van der Waals surface area contributed by atoms with Crippen molar-refractivity contribution in [1.29, 1.82) is 0 Å². The molecule has 0 spiro atoms. The molecule has 4 aromatic rings. The molecule has 0 unspecified atom stereocenters. The minimum absolute atomic E-state index is 0.260. The number of fused-ring (bicyclic) bond motifs is 1. The first kappa shape index (κ1) is 20.3. The number of hydrogen-bond donors (Lipinski definition) is 3. The molecule has 4 rings (SSSR count). The van der Waals surface area contributed by atoms with Crippen molar-refractivity contribution in [3.63, 3.8) is 0 Å². The van der Waals surface area contributed by atoms with Crippen molar-refractivity contribution < 1.29 is 9.18 Å². The van der Waals surface area contributed by atoms with Crippen LogP contribution in [0.4, 0.5) is 10.1 Å². The van der Waals surface area contributed by atoms with E-state index < -0.39 is 0 Å². The van der Waals surface area contributed by atoms with Crippen LogP contribution in [0.5, 0.6) is 0 Å². The Morgan fingerprint density at radius 3 is 2.65 bits per heavy atom. The number of guanidine groups is 1.